The molecule has 1 atom stereocenters. The van der Waals surface area contributed by atoms with Gasteiger partial charge in [0, 0.05) is 25.7 Å². The SMILES string of the molecule is CC(CN1CC(=O)CC1=O)N1CCOCC1. The molecular weight excluding hydrogens is 208 g/mol. The maximum Gasteiger partial charge on any atom is 0.230 e. The Labute approximate surface area is 95.3 Å². The molecule has 2 rings (SSSR count). The quantitative estimate of drug-likeness (QED) is 0.609. The van der Waals surface area contributed by atoms with E-state index < -0.39 is 0 Å². The van der Waals surface area contributed by atoms with Gasteiger partial charge < -0.3 is 9.64 Å². The molecule has 16 heavy (non-hydrogen) atoms. The molecule has 2 aliphatic heterocycles. The van der Waals surface area contributed by atoms with Crippen LogP contribution >= 0.6 is 0 Å². The average Bonchev–Trinajstić information content (AvgIpc) is 2.59. The molecule has 0 bridgehead atoms. The van der Waals surface area contributed by atoms with E-state index in [9.17, 15) is 9.59 Å². The van der Waals surface area contributed by atoms with Crippen LogP contribution in [-0.2, 0) is 14.3 Å². The van der Waals surface area contributed by atoms with Crippen LogP contribution in [0.15, 0.2) is 0 Å². The summed E-state index contributed by atoms with van der Waals surface area (Å²) in [6.07, 6.45) is 0.0931. The van der Waals surface area contributed by atoms with E-state index in [1.165, 1.54) is 0 Å². The number of carbonyl (C=O) groups is 2. The van der Waals surface area contributed by atoms with E-state index in [1.807, 2.05) is 0 Å². The van der Waals surface area contributed by atoms with Crippen LogP contribution in [0.2, 0.25) is 0 Å². The van der Waals surface area contributed by atoms with Crippen molar-refractivity contribution in [2.75, 3.05) is 39.4 Å². The third-order valence-corrected chi connectivity index (χ3v) is 3.22. The number of carbonyl (C=O) groups excluding carboxylic acids is 2. The lowest BCUT2D eigenvalue weighted by molar-refractivity contribution is -0.128. The molecule has 0 radical (unpaired) electrons. The zero-order valence-corrected chi connectivity index (χ0v) is 9.65. The summed E-state index contributed by atoms with van der Waals surface area (Å²) in [5, 5.41) is 0. The minimum absolute atomic E-state index is 0.0230. The van der Waals surface area contributed by atoms with Crippen molar-refractivity contribution in [3.05, 3.63) is 0 Å². The van der Waals surface area contributed by atoms with Crippen molar-refractivity contribution in [2.24, 2.45) is 0 Å². The number of morpholine rings is 1. The first kappa shape index (κ1) is 11.5. The first-order chi connectivity index (χ1) is 7.66. The number of nitrogens with zero attached hydrogens (tertiary/aromatic N) is 2. The second kappa shape index (κ2) is 4.93. The zero-order chi connectivity index (χ0) is 11.5. The second-order valence-electron chi connectivity index (χ2n) is 4.49. The van der Waals surface area contributed by atoms with Crippen molar-refractivity contribution < 1.29 is 14.3 Å². The Kier molecular flexibility index (Phi) is 3.56. The van der Waals surface area contributed by atoms with Crippen molar-refractivity contribution in [1.82, 2.24) is 9.80 Å². The normalized spacial score (nSPS) is 25.2. The molecule has 2 heterocycles. The van der Waals surface area contributed by atoms with E-state index in [2.05, 4.69) is 11.8 Å². The van der Waals surface area contributed by atoms with Crippen molar-refractivity contribution in [1.29, 1.82) is 0 Å². The molecule has 5 heteroatoms. The third-order valence-electron chi connectivity index (χ3n) is 3.22. The molecule has 0 N–H and O–H groups in total. The van der Waals surface area contributed by atoms with Crippen LogP contribution in [-0.4, -0.2) is 66.9 Å². The molecule has 1 amide bonds. The fourth-order valence-corrected chi connectivity index (χ4v) is 2.26. The first-order valence-corrected chi connectivity index (χ1v) is 5.78. The van der Waals surface area contributed by atoms with Gasteiger partial charge in [0.25, 0.3) is 0 Å². The van der Waals surface area contributed by atoms with Gasteiger partial charge in [-0.1, -0.05) is 0 Å². The lowest BCUT2D eigenvalue weighted by atomic mass is 10.2. The number of likely N-dealkylation sites (tertiary alicyclic amines) is 1. The molecule has 0 spiro atoms. The highest BCUT2D eigenvalue weighted by Gasteiger charge is 2.29. The molecule has 0 aromatic heterocycles. The highest BCUT2D eigenvalue weighted by molar-refractivity contribution is 6.05. The molecule has 2 fully saturated rings. The maximum absolute atomic E-state index is 11.5. The number of ketones is 1. The lowest BCUT2D eigenvalue weighted by Gasteiger charge is -2.34. The number of ether oxygens (including phenoxy) is 1. The van der Waals surface area contributed by atoms with Crippen LogP contribution in [0.5, 0.6) is 0 Å². The van der Waals surface area contributed by atoms with Crippen molar-refractivity contribution in [2.45, 2.75) is 19.4 Å². The number of Topliss-reactive ketones (excluding diaryl/α,β-unsaturated/α-hetero) is 1. The van der Waals surface area contributed by atoms with E-state index in [-0.39, 0.29) is 18.1 Å². The molecular formula is C11H18N2O3. The summed E-state index contributed by atoms with van der Waals surface area (Å²) in [6.45, 7) is 6.40. The zero-order valence-electron chi connectivity index (χ0n) is 9.65. The monoisotopic (exact) mass is 226 g/mol. The number of amides is 1. The minimum Gasteiger partial charge on any atom is -0.379 e. The first-order valence-electron chi connectivity index (χ1n) is 5.78. The van der Waals surface area contributed by atoms with Gasteiger partial charge in [-0.2, -0.15) is 0 Å². The van der Waals surface area contributed by atoms with E-state index in [0.717, 1.165) is 26.3 Å². The summed E-state index contributed by atoms with van der Waals surface area (Å²) in [5.74, 6) is 0.0179. The van der Waals surface area contributed by atoms with Crippen LogP contribution < -0.4 is 0 Å². The van der Waals surface area contributed by atoms with Crippen LogP contribution in [0.25, 0.3) is 0 Å². The number of hydrogen-bond acceptors (Lipinski definition) is 4. The van der Waals surface area contributed by atoms with Gasteiger partial charge in [0.2, 0.25) is 5.91 Å². The molecule has 2 saturated heterocycles. The molecule has 2 aliphatic rings. The van der Waals surface area contributed by atoms with Gasteiger partial charge in [-0.05, 0) is 6.92 Å². The van der Waals surface area contributed by atoms with Gasteiger partial charge in [-0.15, -0.1) is 0 Å². The molecule has 0 aromatic carbocycles. The van der Waals surface area contributed by atoms with Gasteiger partial charge >= 0.3 is 0 Å². The van der Waals surface area contributed by atoms with Crippen molar-refractivity contribution in [3.63, 3.8) is 0 Å². The summed E-state index contributed by atoms with van der Waals surface area (Å²) in [6, 6.07) is 0.304. The maximum atomic E-state index is 11.5. The van der Waals surface area contributed by atoms with Gasteiger partial charge in [-0.3, -0.25) is 14.5 Å². The standard InChI is InChI=1S/C11H18N2O3/c1-9(12-2-4-16-5-3-12)7-13-8-10(14)6-11(13)15/h9H,2-8H2,1H3. The molecule has 5 nitrogen and oxygen atoms in total. The topological polar surface area (TPSA) is 49.9 Å². The van der Waals surface area contributed by atoms with Crippen LogP contribution in [0, 0.1) is 0 Å². The smallest absolute Gasteiger partial charge is 0.230 e. The summed E-state index contributed by atoms with van der Waals surface area (Å²) < 4.78 is 5.28. The molecule has 0 saturated carbocycles. The van der Waals surface area contributed by atoms with E-state index >= 15 is 0 Å². The second-order valence-corrected chi connectivity index (χ2v) is 4.49. The summed E-state index contributed by atoms with van der Waals surface area (Å²) in [4.78, 5) is 26.6. The Bertz CT molecular complexity index is 287. The predicted molar refractivity (Wildman–Crippen MR) is 58.1 cm³/mol. The highest BCUT2D eigenvalue weighted by Crippen LogP contribution is 2.11. The van der Waals surface area contributed by atoms with Crippen molar-refractivity contribution >= 4 is 11.7 Å². The van der Waals surface area contributed by atoms with Gasteiger partial charge in [-0.25, -0.2) is 0 Å². The molecule has 0 aromatic rings. The number of rotatable bonds is 3. The fourth-order valence-electron chi connectivity index (χ4n) is 2.26. The summed E-state index contributed by atoms with van der Waals surface area (Å²) >= 11 is 0. The van der Waals surface area contributed by atoms with Crippen LogP contribution in [0.4, 0.5) is 0 Å². The number of hydrogen-bond donors (Lipinski definition) is 0. The van der Waals surface area contributed by atoms with Gasteiger partial charge in [0.1, 0.15) is 0 Å². The van der Waals surface area contributed by atoms with Gasteiger partial charge in [0.05, 0.1) is 26.2 Å². The minimum atomic E-state index is -0.0230. The predicted octanol–water partition coefficient (Wildman–Crippen LogP) is -0.491. The van der Waals surface area contributed by atoms with Crippen LogP contribution in [0.1, 0.15) is 13.3 Å². The highest BCUT2D eigenvalue weighted by atomic mass is 16.5. The Morgan fingerprint density at radius 2 is 2.00 bits per heavy atom. The Balaban J connectivity index is 1.84. The van der Waals surface area contributed by atoms with Crippen molar-refractivity contribution in [3.8, 4) is 0 Å². The fraction of sp³-hybridized carbons (Fsp3) is 0.818. The van der Waals surface area contributed by atoms with E-state index in [0.29, 0.717) is 19.1 Å². The molecule has 1 unspecified atom stereocenters. The molecule has 0 aliphatic carbocycles. The Hall–Kier alpha value is -0.940. The lowest BCUT2D eigenvalue weighted by Crippen LogP contribution is -2.47. The van der Waals surface area contributed by atoms with Crippen LogP contribution in [0.3, 0.4) is 0 Å². The Morgan fingerprint density at radius 1 is 1.31 bits per heavy atom. The largest absolute Gasteiger partial charge is 0.379 e. The van der Waals surface area contributed by atoms with E-state index in [1.54, 1.807) is 4.90 Å². The van der Waals surface area contributed by atoms with E-state index in [4.69, 9.17) is 4.74 Å². The molecule has 90 valence electrons. The summed E-state index contributed by atoms with van der Waals surface area (Å²) in [7, 11) is 0. The average molecular weight is 226 g/mol. The third kappa shape index (κ3) is 2.59. The Morgan fingerprint density at radius 3 is 2.56 bits per heavy atom. The summed E-state index contributed by atoms with van der Waals surface area (Å²) in [5.41, 5.74) is 0. The van der Waals surface area contributed by atoms with Gasteiger partial charge in [0.15, 0.2) is 5.78 Å².